The molecule has 0 N–H and O–H groups in total. The molecule has 0 atom stereocenters. The highest BCUT2D eigenvalue weighted by Crippen LogP contribution is 2.22. The van der Waals surface area contributed by atoms with E-state index in [1.807, 2.05) is 43.5 Å². The molecular formula is C17H16N6O2. The second-order valence-electron chi connectivity index (χ2n) is 5.42. The lowest BCUT2D eigenvalue weighted by atomic mass is 10.2. The molecule has 126 valence electrons. The van der Waals surface area contributed by atoms with Gasteiger partial charge in [-0.15, -0.1) is 5.10 Å². The van der Waals surface area contributed by atoms with Gasteiger partial charge in [0.2, 0.25) is 0 Å². The first-order valence-electron chi connectivity index (χ1n) is 7.86. The van der Waals surface area contributed by atoms with Gasteiger partial charge in [0.25, 0.3) is 0 Å². The Kier molecular flexibility index (Phi) is 3.57. The fourth-order valence-corrected chi connectivity index (χ4v) is 2.79. The molecule has 0 bridgehead atoms. The average molecular weight is 336 g/mol. The molecule has 8 heteroatoms. The standard InChI is InChI=1S/C17H16N6O2/c1-3-21-16(25-2)20-23(17(21)24)15-8-4-7-14-13(15)11-22(19-14)12-6-5-9-18-10-12/h4-11H,3H2,1-2H3. The van der Waals surface area contributed by atoms with Crippen LogP contribution in [0.3, 0.4) is 0 Å². The predicted molar refractivity (Wildman–Crippen MR) is 92.5 cm³/mol. The zero-order chi connectivity index (χ0) is 17.4. The molecule has 0 aliphatic carbocycles. The van der Waals surface area contributed by atoms with E-state index in [4.69, 9.17) is 4.74 Å². The molecule has 0 aliphatic rings. The maximum absolute atomic E-state index is 12.6. The van der Waals surface area contributed by atoms with Crippen LogP contribution in [0.15, 0.2) is 53.7 Å². The van der Waals surface area contributed by atoms with Crippen LogP contribution in [0.2, 0.25) is 0 Å². The van der Waals surface area contributed by atoms with Crippen LogP contribution >= 0.6 is 0 Å². The van der Waals surface area contributed by atoms with Gasteiger partial charge in [0.1, 0.15) is 0 Å². The highest BCUT2D eigenvalue weighted by molar-refractivity contribution is 5.87. The molecule has 3 aromatic heterocycles. The highest BCUT2D eigenvalue weighted by Gasteiger charge is 2.17. The van der Waals surface area contributed by atoms with Crippen molar-refractivity contribution >= 4 is 10.9 Å². The Morgan fingerprint density at radius 1 is 1.16 bits per heavy atom. The summed E-state index contributed by atoms with van der Waals surface area (Å²) < 4.78 is 9.77. The van der Waals surface area contributed by atoms with E-state index in [0.29, 0.717) is 12.2 Å². The maximum atomic E-state index is 12.6. The summed E-state index contributed by atoms with van der Waals surface area (Å²) in [6, 6.07) is 9.63. The largest absolute Gasteiger partial charge is 0.467 e. The summed E-state index contributed by atoms with van der Waals surface area (Å²) in [5.41, 5.74) is 2.01. The number of benzene rings is 1. The lowest BCUT2D eigenvalue weighted by molar-refractivity contribution is 0.355. The Morgan fingerprint density at radius 3 is 2.72 bits per heavy atom. The molecule has 0 saturated carbocycles. The van der Waals surface area contributed by atoms with Gasteiger partial charge in [-0.3, -0.25) is 4.98 Å². The second kappa shape index (κ2) is 5.90. The Labute approximate surface area is 142 Å². The summed E-state index contributed by atoms with van der Waals surface area (Å²) in [7, 11) is 1.50. The molecule has 0 fully saturated rings. The first-order valence-corrected chi connectivity index (χ1v) is 7.86. The van der Waals surface area contributed by atoms with Gasteiger partial charge in [-0.2, -0.15) is 9.78 Å². The van der Waals surface area contributed by atoms with Crippen molar-refractivity contribution in [3.8, 4) is 17.4 Å². The van der Waals surface area contributed by atoms with Crippen LogP contribution in [0.4, 0.5) is 0 Å². The number of fused-ring (bicyclic) bond motifs is 1. The van der Waals surface area contributed by atoms with E-state index in [2.05, 4.69) is 15.2 Å². The lowest BCUT2D eigenvalue weighted by Gasteiger charge is -2.00. The molecule has 4 rings (SSSR count). The van der Waals surface area contributed by atoms with Gasteiger partial charge < -0.3 is 4.74 Å². The van der Waals surface area contributed by atoms with Gasteiger partial charge in [0.15, 0.2) is 0 Å². The van der Waals surface area contributed by atoms with Crippen molar-refractivity contribution < 1.29 is 4.74 Å². The number of aromatic nitrogens is 6. The molecule has 0 aliphatic heterocycles. The number of hydrogen-bond donors (Lipinski definition) is 0. The quantitative estimate of drug-likeness (QED) is 0.568. The minimum atomic E-state index is -0.249. The number of ether oxygens (including phenoxy) is 1. The number of hydrogen-bond acceptors (Lipinski definition) is 5. The van der Waals surface area contributed by atoms with Crippen molar-refractivity contribution in [2.24, 2.45) is 0 Å². The molecule has 25 heavy (non-hydrogen) atoms. The van der Waals surface area contributed by atoms with Crippen LogP contribution in [-0.4, -0.2) is 36.2 Å². The smallest absolute Gasteiger partial charge is 0.353 e. The summed E-state index contributed by atoms with van der Waals surface area (Å²) in [5.74, 6) is 0. The molecular weight excluding hydrogens is 320 g/mol. The maximum Gasteiger partial charge on any atom is 0.353 e. The predicted octanol–water partition coefficient (Wildman–Crippen LogP) is 1.80. The van der Waals surface area contributed by atoms with Crippen LogP contribution in [0.1, 0.15) is 6.92 Å². The zero-order valence-corrected chi connectivity index (χ0v) is 13.8. The Bertz CT molecular complexity index is 1090. The highest BCUT2D eigenvalue weighted by atomic mass is 16.5. The van der Waals surface area contributed by atoms with E-state index in [1.165, 1.54) is 16.4 Å². The first kappa shape index (κ1) is 15.1. The van der Waals surface area contributed by atoms with Gasteiger partial charge in [-0.1, -0.05) is 6.07 Å². The monoisotopic (exact) mass is 336 g/mol. The molecule has 1 aromatic carbocycles. The normalized spacial score (nSPS) is 11.1. The third kappa shape index (κ3) is 2.38. The molecule has 0 unspecified atom stereocenters. The Hall–Kier alpha value is -3.42. The topological polar surface area (TPSA) is 79.8 Å². The molecule has 0 amide bonds. The van der Waals surface area contributed by atoms with Gasteiger partial charge in [0, 0.05) is 24.3 Å². The number of methoxy groups -OCH3 is 1. The minimum absolute atomic E-state index is 0.249. The molecule has 0 radical (unpaired) electrons. The van der Waals surface area contributed by atoms with Gasteiger partial charge in [-0.25, -0.2) is 14.0 Å². The Morgan fingerprint density at radius 2 is 2.04 bits per heavy atom. The van der Waals surface area contributed by atoms with Crippen LogP contribution in [-0.2, 0) is 6.54 Å². The lowest BCUT2D eigenvalue weighted by Crippen LogP contribution is -2.23. The van der Waals surface area contributed by atoms with Crippen LogP contribution < -0.4 is 10.4 Å². The molecule has 8 nitrogen and oxygen atoms in total. The van der Waals surface area contributed by atoms with Crippen molar-refractivity contribution in [2.75, 3.05) is 7.11 Å². The molecule has 0 spiro atoms. The summed E-state index contributed by atoms with van der Waals surface area (Å²) in [5, 5.41) is 9.68. The third-order valence-corrected chi connectivity index (χ3v) is 3.99. The number of nitrogens with zero attached hydrogens (tertiary/aromatic N) is 6. The van der Waals surface area contributed by atoms with E-state index in [0.717, 1.165) is 16.6 Å². The number of pyridine rings is 1. The van der Waals surface area contributed by atoms with Crippen LogP contribution in [0, 0.1) is 0 Å². The van der Waals surface area contributed by atoms with Gasteiger partial charge >= 0.3 is 11.7 Å². The van der Waals surface area contributed by atoms with Crippen LogP contribution in [0.25, 0.3) is 22.3 Å². The van der Waals surface area contributed by atoms with Crippen molar-refractivity contribution in [1.29, 1.82) is 0 Å². The van der Waals surface area contributed by atoms with E-state index in [9.17, 15) is 4.79 Å². The summed E-state index contributed by atoms with van der Waals surface area (Å²) in [4.78, 5) is 16.8. The van der Waals surface area contributed by atoms with Crippen LogP contribution in [0.5, 0.6) is 6.01 Å². The number of rotatable bonds is 4. The van der Waals surface area contributed by atoms with Gasteiger partial charge in [0.05, 0.1) is 30.2 Å². The molecule has 3 heterocycles. The molecule has 0 saturated heterocycles. The second-order valence-corrected chi connectivity index (χ2v) is 5.42. The zero-order valence-electron chi connectivity index (χ0n) is 13.8. The summed E-state index contributed by atoms with van der Waals surface area (Å²) in [6.07, 6.45) is 5.31. The van der Waals surface area contributed by atoms with E-state index >= 15 is 0 Å². The fraction of sp³-hybridized carbons (Fsp3) is 0.176. The van der Waals surface area contributed by atoms with Crippen molar-refractivity contribution in [1.82, 2.24) is 29.1 Å². The van der Waals surface area contributed by atoms with E-state index < -0.39 is 0 Å². The summed E-state index contributed by atoms with van der Waals surface area (Å²) >= 11 is 0. The van der Waals surface area contributed by atoms with E-state index in [-0.39, 0.29) is 11.7 Å². The molecule has 4 aromatic rings. The van der Waals surface area contributed by atoms with Crippen molar-refractivity contribution in [2.45, 2.75) is 13.5 Å². The van der Waals surface area contributed by atoms with Gasteiger partial charge in [-0.05, 0) is 31.2 Å². The van der Waals surface area contributed by atoms with Crippen molar-refractivity contribution in [3.05, 3.63) is 59.4 Å². The SMILES string of the molecule is CCn1c(OC)nn(-c2cccc3nn(-c4cccnc4)cc23)c1=O. The fourth-order valence-electron chi connectivity index (χ4n) is 2.79. The first-order chi connectivity index (χ1) is 12.2. The average Bonchev–Trinajstić information content (AvgIpc) is 3.23. The Balaban J connectivity index is 1.93. The van der Waals surface area contributed by atoms with E-state index in [1.54, 1.807) is 17.1 Å². The summed E-state index contributed by atoms with van der Waals surface area (Å²) in [6.45, 7) is 2.35. The van der Waals surface area contributed by atoms with Crippen molar-refractivity contribution in [3.63, 3.8) is 0 Å². The minimum Gasteiger partial charge on any atom is -0.467 e. The third-order valence-electron chi connectivity index (χ3n) is 3.99.